The Bertz CT molecular complexity index is 760. The van der Waals surface area contributed by atoms with Crippen LogP contribution in [0, 0.1) is 0 Å². The molecule has 24 heavy (non-hydrogen) atoms. The van der Waals surface area contributed by atoms with Gasteiger partial charge in [-0.15, -0.1) is 12.4 Å². The van der Waals surface area contributed by atoms with Crippen molar-refractivity contribution in [2.45, 2.75) is 23.8 Å². The molecule has 2 aromatic rings. The van der Waals surface area contributed by atoms with Crippen molar-refractivity contribution < 1.29 is 8.42 Å². The van der Waals surface area contributed by atoms with Crippen molar-refractivity contribution in [1.29, 1.82) is 0 Å². The summed E-state index contributed by atoms with van der Waals surface area (Å²) in [5.74, 6) is 0. The van der Waals surface area contributed by atoms with Crippen molar-refractivity contribution >= 4 is 22.4 Å². The molecular formula is C18H23ClN2O2S. The molecule has 1 aliphatic heterocycles. The van der Waals surface area contributed by atoms with E-state index in [2.05, 4.69) is 5.32 Å². The lowest BCUT2D eigenvalue weighted by Crippen LogP contribution is -2.43. The predicted octanol–water partition coefficient (Wildman–Crippen LogP) is 3.15. The van der Waals surface area contributed by atoms with Crippen molar-refractivity contribution in [2.24, 2.45) is 0 Å². The second-order valence-corrected chi connectivity index (χ2v) is 7.83. The maximum absolute atomic E-state index is 13.1. The number of nitrogens with zero attached hydrogens (tertiary/aromatic N) is 1. The van der Waals surface area contributed by atoms with Crippen LogP contribution in [0.2, 0.25) is 0 Å². The zero-order valence-electron chi connectivity index (χ0n) is 13.7. The van der Waals surface area contributed by atoms with Gasteiger partial charge in [-0.05, 0) is 37.6 Å². The topological polar surface area (TPSA) is 49.4 Å². The third kappa shape index (κ3) is 3.81. The molecule has 1 saturated heterocycles. The first kappa shape index (κ1) is 18.9. The Balaban J connectivity index is 0.00000208. The molecule has 0 atom stereocenters. The molecule has 0 saturated carbocycles. The van der Waals surface area contributed by atoms with E-state index in [0.29, 0.717) is 4.90 Å². The van der Waals surface area contributed by atoms with Crippen LogP contribution in [0.5, 0.6) is 0 Å². The molecule has 0 unspecified atom stereocenters. The van der Waals surface area contributed by atoms with Crippen LogP contribution in [0.1, 0.15) is 12.8 Å². The average molecular weight is 367 g/mol. The summed E-state index contributed by atoms with van der Waals surface area (Å²) in [6.07, 6.45) is 1.70. The molecule has 0 aliphatic carbocycles. The highest BCUT2D eigenvalue weighted by atomic mass is 35.5. The number of hydrogen-bond acceptors (Lipinski definition) is 3. The van der Waals surface area contributed by atoms with Gasteiger partial charge in [0, 0.05) is 18.7 Å². The molecule has 1 N–H and O–H groups in total. The maximum Gasteiger partial charge on any atom is 0.243 e. The van der Waals surface area contributed by atoms with Crippen LogP contribution in [0.3, 0.4) is 0 Å². The van der Waals surface area contributed by atoms with Gasteiger partial charge in [0.25, 0.3) is 0 Å². The fourth-order valence-electron chi connectivity index (χ4n) is 3.07. The van der Waals surface area contributed by atoms with E-state index < -0.39 is 10.0 Å². The molecule has 0 amide bonds. The summed E-state index contributed by atoms with van der Waals surface area (Å²) < 4.78 is 27.8. The number of nitrogens with one attached hydrogen (secondary N) is 1. The smallest absolute Gasteiger partial charge is 0.243 e. The number of rotatable bonds is 4. The second kappa shape index (κ2) is 8.12. The van der Waals surface area contributed by atoms with E-state index in [1.54, 1.807) is 23.5 Å². The lowest BCUT2D eigenvalue weighted by atomic mass is 10.1. The minimum atomic E-state index is -3.51. The summed E-state index contributed by atoms with van der Waals surface area (Å²) in [4.78, 5) is 0.382. The summed E-state index contributed by atoms with van der Waals surface area (Å²) in [6, 6.07) is 17.0. The SMILES string of the molecule is CN(C1CCNCC1)S(=O)(=O)c1ccccc1-c1ccccc1.Cl. The normalized spacial score (nSPS) is 15.9. The van der Waals surface area contributed by atoms with Crippen LogP contribution in [0.25, 0.3) is 11.1 Å². The van der Waals surface area contributed by atoms with E-state index in [9.17, 15) is 8.42 Å². The number of hydrogen-bond donors (Lipinski definition) is 1. The minimum Gasteiger partial charge on any atom is -0.317 e. The summed E-state index contributed by atoms with van der Waals surface area (Å²) in [5.41, 5.74) is 1.68. The first-order valence-electron chi connectivity index (χ1n) is 7.94. The van der Waals surface area contributed by atoms with Gasteiger partial charge in [-0.3, -0.25) is 0 Å². The lowest BCUT2D eigenvalue weighted by molar-refractivity contribution is 0.296. The highest BCUT2D eigenvalue weighted by Crippen LogP contribution is 2.30. The molecule has 1 heterocycles. The van der Waals surface area contributed by atoms with Crippen molar-refractivity contribution in [3.8, 4) is 11.1 Å². The summed E-state index contributed by atoms with van der Waals surface area (Å²) in [7, 11) is -1.81. The zero-order valence-corrected chi connectivity index (χ0v) is 15.3. The number of benzene rings is 2. The number of piperidine rings is 1. The quantitative estimate of drug-likeness (QED) is 0.904. The van der Waals surface area contributed by atoms with Gasteiger partial charge < -0.3 is 5.32 Å². The third-order valence-electron chi connectivity index (χ3n) is 4.45. The van der Waals surface area contributed by atoms with E-state index >= 15 is 0 Å². The van der Waals surface area contributed by atoms with E-state index in [0.717, 1.165) is 37.1 Å². The first-order chi connectivity index (χ1) is 11.1. The summed E-state index contributed by atoms with van der Waals surface area (Å²) in [6.45, 7) is 1.73. The van der Waals surface area contributed by atoms with E-state index in [-0.39, 0.29) is 18.4 Å². The molecule has 1 fully saturated rings. The molecule has 0 spiro atoms. The van der Waals surface area contributed by atoms with Crippen molar-refractivity contribution in [3.05, 3.63) is 54.6 Å². The average Bonchev–Trinajstić information content (AvgIpc) is 2.62. The number of halogens is 1. The highest BCUT2D eigenvalue weighted by Gasteiger charge is 2.30. The fraction of sp³-hybridized carbons (Fsp3) is 0.333. The Kier molecular flexibility index (Phi) is 6.40. The van der Waals surface area contributed by atoms with Gasteiger partial charge in [0.05, 0.1) is 4.90 Å². The van der Waals surface area contributed by atoms with Crippen LogP contribution in [0.4, 0.5) is 0 Å². The molecule has 0 radical (unpaired) electrons. The standard InChI is InChI=1S/C18H22N2O2S.ClH/c1-20(16-11-13-19-14-12-16)23(21,22)18-10-6-5-9-17(18)15-7-3-2-4-8-15;/h2-10,16,19H,11-14H2,1H3;1H. The number of sulfonamides is 1. The summed E-state index contributed by atoms with van der Waals surface area (Å²) >= 11 is 0. The molecule has 4 nitrogen and oxygen atoms in total. The van der Waals surface area contributed by atoms with Crippen molar-refractivity contribution in [3.63, 3.8) is 0 Å². The van der Waals surface area contributed by atoms with Crippen molar-refractivity contribution in [1.82, 2.24) is 9.62 Å². The molecule has 6 heteroatoms. The van der Waals surface area contributed by atoms with Gasteiger partial charge in [0.2, 0.25) is 10.0 Å². The van der Waals surface area contributed by atoms with Crippen LogP contribution < -0.4 is 5.32 Å². The van der Waals surface area contributed by atoms with Crippen LogP contribution in [-0.4, -0.2) is 38.9 Å². The Morgan fingerprint density at radius 1 is 0.958 bits per heavy atom. The Labute approximate surface area is 150 Å². The monoisotopic (exact) mass is 366 g/mol. The van der Waals surface area contributed by atoms with Crippen molar-refractivity contribution in [2.75, 3.05) is 20.1 Å². The van der Waals surface area contributed by atoms with Gasteiger partial charge in [0.15, 0.2) is 0 Å². The van der Waals surface area contributed by atoms with E-state index in [1.807, 2.05) is 42.5 Å². The van der Waals surface area contributed by atoms with Crippen LogP contribution >= 0.6 is 12.4 Å². The highest BCUT2D eigenvalue weighted by molar-refractivity contribution is 7.89. The second-order valence-electron chi connectivity index (χ2n) is 5.86. The van der Waals surface area contributed by atoms with Crippen LogP contribution in [-0.2, 0) is 10.0 Å². The molecule has 3 rings (SSSR count). The molecule has 0 bridgehead atoms. The fourth-order valence-corrected chi connectivity index (χ4v) is 4.70. The minimum absolute atomic E-state index is 0. The van der Waals surface area contributed by atoms with Gasteiger partial charge in [-0.1, -0.05) is 48.5 Å². The largest absolute Gasteiger partial charge is 0.317 e. The summed E-state index contributed by atoms with van der Waals surface area (Å²) in [5, 5.41) is 3.28. The molecule has 2 aromatic carbocycles. The molecule has 1 aliphatic rings. The van der Waals surface area contributed by atoms with Gasteiger partial charge in [-0.25, -0.2) is 8.42 Å². The molecule has 130 valence electrons. The van der Waals surface area contributed by atoms with E-state index in [4.69, 9.17) is 0 Å². The predicted molar refractivity (Wildman–Crippen MR) is 100.0 cm³/mol. The Morgan fingerprint density at radius 3 is 2.21 bits per heavy atom. The first-order valence-corrected chi connectivity index (χ1v) is 9.38. The lowest BCUT2D eigenvalue weighted by Gasteiger charge is -2.31. The molecule has 0 aromatic heterocycles. The van der Waals surface area contributed by atoms with Gasteiger partial charge in [-0.2, -0.15) is 4.31 Å². The van der Waals surface area contributed by atoms with Gasteiger partial charge >= 0.3 is 0 Å². The van der Waals surface area contributed by atoms with Crippen LogP contribution in [0.15, 0.2) is 59.5 Å². The Hall–Kier alpha value is -1.40. The van der Waals surface area contributed by atoms with E-state index in [1.165, 1.54) is 0 Å². The molecular weight excluding hydrogens is 344 g/mol. The van der Waals surface area contributed by atoms with Gasteiger partial charge in [0.1, 0.15) is 0 Å². The third-order valence-corrected chi connectivity index (χ3v) is 6.42. The Morgan fingerprint density at radius 2 is 1.54 bits per heavy atom. The maximum atomic E-state index is 13.1. The zero-order chi connectivity index (χ0) is 16.3.